The summed E-state index contributed by atoms with van der Waals surface area (Å²) in [4.78, 5) is 13.2. The molecule has 1 fully saturated rings. The van der Waals surface area contributed by atoms with Gasteiger partial charge in [-0.25, -0.2) is 22.7 Å². The van der Waals surface area contributed by atoms with Crippen molar-refractivity contribution in [2.24, 2.45) is 0 Å². The summed E-state index contributed by atoms with van der Waals surface area (Å²) in [5, 5.41) is 3.15. The first-order valence-electron chi connectivity index (χ1n) is 7.89. The summed E-state index contributed by atoms with van der Waals surface area (Å²) < 4.78 is 25.1. The molecule has 1 N–H and O–H groups in total. The van der Waals surface area contributed by atoms with Crippen LogP contribution in [-0.4, -0.2) is 47.0 Å². The monoisotopic (exact) mass is 347 g/mol. The second kappa shape index (κ2) is 6.82. The molecule has 1 saturated heterocycles. The molecule has 128 valence electrons. The van der Waals surface area contributed by atoms with Crippen LogP contribution in [0, 0.1) is 6.92 Å². The van der Waals surface area contributed by atoms with Crippen LogP contribution in [0.4, 0.5) is 11.6 Å². The third-order valence-electron chi connectivity index (χ3n) is 4.07. The Hall–Kier alpha value is -2.06. The summed E-state index contributed by atoms with van der Waals surface area (Å²) in [7, 11) is -3.17. The predicted octanol–water partition coefficient (Wildman–Crippen LogP) is 2.06. The Morgan fingerprint density at radius 2 is 2.04 bits per heavy atom. The molecule has 0 radical (unpaired) electrons. The molecule has 8 heteroatoms. The number of anilines is 2. The number of aryl methyl sites for hydroxylation is 1. The molecule has 0 aromatic carbocycles. The molecular formula is C16H21N5O2S. The highest BCUT2D eigenvalue weighted by molar-refractivity contribution is 7.88. The largest absolute Gasteiger partial charge is 0.324 e. The van der Waals surface area contributed by atoms with Gasteiger partial charge in [-0.1, -0.05) is 6.07 Å². The Labute approximate surface area is 142 Å². The van der Waals surface area contributed by atoms with Gasteiger partial charge in [0.05, 0.1) is 18.1 Å². The summed E-state index contributed by atoms with van der Waals surface area (Å²) in [6.45, 7) is 2.96. The van der Waals surface area contributed by atoms with Crippen molar-refractivity contribution in [3.05, 3.63) is 42.0 Å². The highest BCUT2D eigenvalue weighted by atomic mass is 32.2. The number of aromatic nitrogens is 3. The number of pyridine rings is 1. The van der Waals surface area contributed by atoms with E-state index in [2.05, 4.69) is 20.3 Å². The lowest BCUT2D eigenvalue weighted by Crippen LogP contribution is -2.38. The van der Waals surface area contributed by atoms with Crippen LogP contribution < -0.4 is 5.32 Å². The Morgan fingerprint density at radius 3 is 2.79 bits per heavy atom. The number of hydrogen-bond donors (Lipinski definition) is 1. The van der Waals surface area contributed by atoms with Crippen molar-refractivity contribution >= 4 is 21.7 Å². The van der Waals surface area contributed by atoms with Gasteiger partial charge in [0, 0.05) is 30.9 Å². The van der Waals surface area contributed by atoms with E-state index in [-0.39, 0.29) is 5.92 Å². The highest BCUT2D eigenvalue weighted by Crippen LogP contribution is 2.27. The van der Waals surface area contributed by atoms with E-state index in [0.717, 1.165) is 24.2 Å². The van der Waals surface area contributed by atoms with Gasteiger partial charge in [0.2, 0.25) is 10.0 Å². The van der Waals surface area contributed by atoms with Crippen LogP contribution in [0.1, 0.15) is 30.1 Å². The van der Waals surface area contributed by atoms with Gasteiger partial charge >= 0.3 is 0 Å². The van der Waals surface area contributed by atoms with Crippen LogP contribution in [0.5, 0.6) is 0 Å². The van der Waals surface area contributed by atoms with Gasteiger partial charge < -0.3 is 5.32 Å². The molecule has 1 atom stereocenters. The quantitative estimate of drug-likeness (QED) is 0.911. The molecule has 2 aromatic heterocycles. The standard InChI is InChI=1S/C16H21N5O2S/c1-12-5-3-7-15(18-12)20-16-10-17-9-14(19-16)13-6-4-8-21(11-13)24(2,22)23/h3,5,7,9-10,13H,4,6,8,11H2,1-2H3,(H,18,19,20). The van der Waals surface area contributed by atoms with Crippen molar-refractivity contribution < 1.29 is 8.42 Å². The zero-order chi connectivity index (χ0) is 17.2. The molecule has 0 aliphatic carbocycles. The van der Waals surface area contributed by atoms with E-state index < -0.39 is 10.0 Å². The minimum absolute atomic E-state index is 0.0631. The third kappa shape index (κ3) is 4.07. The Bertz CT molecular complexity index is 825. The van der Waals surface area contributed by atoms with Crippen LogP contribution in [0.25, 0.3) is 0 Å². The smallest absolute Gasteiger partial charge is 0.211 e. The van der Waals surface area contributed by atoms with Crippen molar-refractivity contribution in [2.75, 3.05) is 24.7 Å². The number of piperidine rings is 1. The molecule has 3 rings (SSSR count). The summed E-state index contributed by atoms with van der Waals surface area (Å²) in [5.74, 6) is 1.39. The Kier molecular flexibility index (Phi) is 4.77. The molecule has 2 aromatic rings. The minimum Gasteiger partial charge on any atom is -0.324 e. The Morgan fingerprint density at radius 1 is 1.21 bits per heavy atom. The van der Waals surface area contributed by atoms with Gasteiger partial charge in [0.25, 0.3) is 0 Å². The first-order valence-corrected chi connectivity index (χ1v) is 9.74. The fourth-order valence-corrected chi connectivity index (χ4v) is 3.78. The maximum Gasteiger partial charge on any atom is 0.211 e. The van der Waals surface area contributed by atoms with E-state index in [1.807, 2.05) is 25.1 Å². The van der Waals surface area contributed by atoms with E-state index in [1.54, 1.807) is 12.4 Å². The highest BCUT2D eigenvalue weighted by Gasteiger charge is 2.27. The van der Waals surface area contributed by atoms with Crippen LogP contribution in [-0.2, 0) is 10.0 Å². The van der Waals surface area contributed by atoms with Crippen LogP contribution >= 0.6 is 0 Å². The molecule has 24 heavy (non-hydrogen) atoms. The maximum absolute atomic E-state index is 11.8. The first-order chi connectivity index (χ1) is 11.4. The summed E-state index contributed by atoms with van der Waals surface area (Å²) in [6.07, 6.45) is 6.35. The van der Waals surface area contributed by atoms with E-state index in [1.165, 1.54) is 10.6 Å². The van der Waals surface area contributed by atoms with Gasteiger partial charge in [0.1, 0.15) is 11.6 Å². The molecule has 0 amide bonds. The van der Waals surface area contributed by atoms with Crippen molar-refractivity contribution in [3.8, 4) is 0 Å². The van der Waals surface area contributed by atoms with Gasteiger partial charge in [-0.05, 0) is 31.9 Å². The topological polar surface area (TPSA) is 88.1 Å². The predicted molar refractivity (Wildman–Crippen MR) is 92.7 cm³/mol. The molecule has 1 aliphatic rings. The van der Waals surface area contributed by atoms with Crippen molar-refractivity contribution in [1.29, 1.82) is 0 Å². The van der Waals surface area contributed by atoms with Crippen molar-refractivity contribution in [1.82, 2.24) is 19.3 Å². The number of rotatable bonds is 4. The summed E-state index contributed by atoms with van der Waals surface area (Å²) >= 11 is 0. The molecule has 1 unspecified atom stereocenters. The van der Waals surface area contributed by atoms with Crippen LogP contribution in [0.15, 0.2) is 30.6 Å². The number of nitrogens with one attached hydrogen (secondary N) is 1. The van der Waals surface area contributed by atoms with E-state index in [0.29, 0.717) is 24.7 Å². The normalized spacial score (nSPS) is 19.2. The third-order valence-corrected chi connectivity index (χ3v) is 5.34. The van der Waals surface area contributed by atoms with Crippen LogP contribution in [0.2, 0.25) is 0 Å². The van der Waals surface area contributed by atoms with Gasteiger partial charge in [-0.15, -0.1) is 0 Å². The summed E-state index contributed by atoms with van der Waals surface area (Å²) in [5.41, 5.74) is 1.72. The minimum atomic E-state index is -3.17. The van der Waals surface area contributed by atoms with Crippen molar-refractivity contribution in [2.45, 2.75) is 25.7 Å². The average molecular weight is 347 g/mol. The maximum atomic E-state index is 11.8. The molecule has 0 bridgehead atoms. The number of hydrogen-bond acceptors (Lipinski definition) is 6. The van der Waals surface area contributed by atoms with Gasteiger partial charge in [-0.2, -0.15) is 0 Å². The van der Waals surface area contributed by atoms with E-state index in [9.17, 15) is 8.42 Å². The molecule has 0 saturated carbocycles. The lowest BCUT2D eigenvalue weighted by molar-refractivity contribution is 0.314. The van der Waals surface area contributed by atoms with Gasteiger partial charge in [-0.3, -0.25) is 4.98 Å². The number of nitrogens with zero attached hydrogens (tertiary/aromatic N) is 4. The van der Waals surface area contributed by atoms with E-state index >= 15 is 0 Å². The summed E-state index contributed by atoms with van der Waals surface area (Å²) in [6, 6.07) is 5.72. The van der Waals surface area contributed by atoms with Gasteiger partial charge in [0.15, 0.2) is 0 Å². The molecule has 0 spiro atoms. The average Bonchev–Trinajstić information content (AvgIpc) is 2.54. The number of sulfonamides is 1. The second-order valence-corrected chi connectivity index (χ2v) is 8.06. The fourth-order valence-electron chi connectivity index (χ4n) is 2.87. The lowest BCUT2D eigenvalue weighted by atomic mass is 9.96. The molecular weight excluding hydrogens is 326 g/mol. The molecule has 7 nitrogen and oxygen atoms in total. The lowest BCUT2D eigenvalue weighted by Gasteiger charge is -2.30. The molecule has 1 aliphatic heterocycles. The van der Waals surface area contributed by atoms with E-state index in [4.69, 9.17) is 0 Å². The molecule has 3 heterocycles. The SMILES string of the molecule is Cc1cccc(Nc2cncc(C3CCCN(S(C)(=O)=O)C3)n2)n1. The zero-order valence-electron chi connectivity index (χ0n) is 13.8. The first kappa shape index (κ1) is 16.8. The van der Waals surface area contributed by atoms with Crippen LogP contribution in [0.3, 0.4) is 0 Å². The van der Waals surface area contributed by atoms with Crippen molar-refractivity contribution in [3.63, 3.8) is 0 Å². The second-order valence-electron chi connectivity index (χ2n) is 6.08. The zero-order valence-corrected chi connectivity index (χ0v) is 14.6. The Balaban J connectivity index is 1.77. The fraction of sp³-hybridized carbons (Fsp3) is 0.438.